The first-order valence-corrected chi connectivity index (χ1v) is 8.42. The fraction of sp³-hybridized carbons (Fsp3) is 0.444. The number of amides is 2. The van der Waals surface area contributed by atoms with Crippen molar-refractivity contribution in [2.24, 2.45) is 5.92 Å². The van der Waals surface area contributed by atoms with Crippen LogP contribution in [0.1, 0.15) is 18.9 Å². The molecule has 6 heteroatoms. The summed E-state index contributed by atoms with van der Waals surface area (Å²) in [7, 11) is 1.88. The molecule has 1 saturated heterocycles. The van der Waals surface area contributed by atoms with Crippen molar-refractivity contribution in [3.63, 3.8) is 0 Å². The zero-order valence-electron chi connectivity index (χ0n) is 14.3. The minimum atomic E-state index is -0.0789. The Bertz CT molecular complexity index is 643. The number of nitrogens with one attached hydrogen (secondary N) is 2. The molecule has 2 aromatic rings. The predicted molar refractivity (Wildman–Crippen MR) is 94.7 cm³/mol. The van der Waals surface area contributed by atoms with E-state index in [9.17, 15) is 4.79 Å². The van der Waals surface area contributed by atoms with E-state index >= 15 is 0 Å². The van der Waals surface area contributed by atoms with Crippen LogP contribution in [0.5, 0.6) is 0 Å². The van der Waals surface area contributed by atoms with E-state index in [-0.39, 0.29) is 12.1 Å². The lowest BCUT2D eigenvalue weighted by Gasteiger charge is -2.41. The van der Waals surface area contributed by atoms with Gasteiger partial charge in [-0.1, -0.05) is 37.3 Å². The molecule has 0 radical (unpaired) electrons. The van der Waals surface area contributed by atoms with Crippen LogP contribution in [0.3, 0.4) is 0 Å². The fourth-order valence-electron chi connectivity index (χ4n) is 3.46. The number of benzene rings is 1. The standard InChI is InChI=1S/C18H25N5O/c1-14-12-23(13-15-6-4-3-5-7-15)9-8-17(14)22(2)18(24)21-16-10-19-20-11-16/h3-7,10-11,14,17H,8-9,12-13H2,1-2H3,(H,19,20)(H,21,24)/t14-,17+/m1/s1. The number of carbonyl (C=O) groups excluding carboxylic acids is 1. The van der Waals surface area contributed by atoms with Crippen molar-refractivity contribution in [1.82, 2.24) is 20.0 Å². The summed E-state index contributed by atoms with van der Waals surface area (Å²) in [6, 6.07) is 10.7. The van der Waals surface area contributed by atoms with E-state index in [1.165, 1.54) is 5.56 Å². The molecule has 2 amide bonds. The van der Waals surface area contributed by atoms with Gasteiger partial charge in [0.05, 0.1) is 11.9 Å². The Morgan fingerprint density at radius 1 is 1.42 bits per heavy atom. The van der Waals surface area contributed by atoms with Crippen molar-refractivity contribution in [2.45, 2.75) is 25.9 Å². The van der Waals surface area contributed by atoms with Crippen LogP contribution in [0, 0.1) is 5.92 Å². The molecule has 2 N–H and O–H groups in total. The summed E-state index contributed by atoms with van der Waals surface area (Å²) in [6.07, 6.45) is 4.28. The number of rotatable bonds is 4. The number of hydrogen-bond donors (Lipinski definition) is 2. The van der Waals surface area contributed by atoms with Crippen molar-refractivity contribution >= 4 is 11.7 Å². The highest BCUT2D eigenvalue weighted by molar-refractivity contribution is 5.89. The lowest BCUT2D eigenvalue weighted by molar-refractivity contribution is 0.0933. The molecule has 0 aliphatic carbocycles. The van der Waals surface area contributed by atoms with Crippen LogP contribution in [0.2, 0.25) is 0 Å². The molecule has 0 spiro atoms. The third-order valence-corrected chi connectivity index (χ3v) is 4.76. The molecule has 2 atom stereocenters. The first-order valence-electron chi connectivity index (χ1n) is 8.42. The van der Waals surface area contributed by atoms with E-state index in [4.69, 9.17) is 0 Å². The first-order chi connectivity index (χ1) is 11.6. The van der Waals surface area contributed by atoms with E-state index in [1.54, 1.807) is 12.4 Å². The summed E-state index contributed by atoms with van der Waals surface area (Å²) in [5, 5.41) is 9.42. The highest BCUT2D eigenvalue weighted by atomic mass is 16.2. The van der Waals surface area contributed by atoms with Gasteiger partial charge >= 0.3 is 6.03 Å². The van der Waals surface area contributed by atoms with Gasteiger partial charge in [-0.05, 0) is 17.9 Å². The number of carbonyl (C=O) groups is 1. The first kappa shape index (κ1) is 16.5. The zero-order chi connectivity index (χ0) is 16.9. The number of aromatic nitrogens is 2. The average Bonchev–Trinajstić information content (AvgIpc) is 3.08. The maximum atomic E-state index is 12.4. The molecule has 3 rings (SSSR count). The Labute approximate surface area is 142 Å². The van der Waals surface area contributed by atoms with Gasteiger partial charge in [0.15, 0.2) is 0 Å². The highest BCUT2D eigenvalue weighted by Gasteiger charge is 2.31. The molecule has 0 saturated carbocycles. The molecule has 0 unspecified atom stereocenters. The molecule has 1 fully saturated rings. The Kier molecular flexibility index (Phi) is 5.15. The van der Waals surface area contributed by atoms with Crippen LogP contribution >= 0.6 is 0 Å². The molecule has 128 valence electrons. The summed E-state index contributed by atoms with van der Waals surface area (Å²) in [6.45, 7) is 5.21. The second-order valence-corrected chi connectivity index (χ2v) is 6.58. The van der Waals surface area contributed by atoms with Gasteiger partial charge in [0.25, 0.3) is 0 Å². The van der Waals surface area contributed by atoms with Gasteiger partial charge in [-0.2, -0.15) is 5.10 Å². The third-order valence-electron chi connectivity index (χ3n) is 4.76. The fourth-order valence-corrected chi connectivity index (χ4v) is 3.46. The predicted octanol–water partition coefficient (Wildman–Crippen LogP) is 2.78. The Morgan fingerprint density at radius 2 is 2.21 bits per heavy atom. The summed E-state index contributed by atoms with van der Waals surface area (Å²) in [5.74, 6) is 0.433. The van der Waals surface area contributed by atoms with E-state index in [2.05, 4.69) is 51.6 Å². The van der Waals surface area contributed by atoms with Crippen molar-refractivity contribution < 1.29 is 4.79 Å². The smallest absolute Gasteiger partial charge is 0.321 e. The van der Waals surface area contributed by atoms with Crippen LogP contribution in [0.25, 0.3) is 0 Å². The number of anilines is 1. The molecular formula is C18H25N5O. The quantitative estimate of drug-likeness (QED) is 0.907. The molecule has 0 bridgehead atoms. The van der Waals surface area contributed by atoms with E-state index < -0.39 is 0 Å². The molecule has 1 aromatic heterocycles. The number of aromatic amines is 1. The second kappa shape index (κ2) is 7.49. The number of hydrogen-bond acceptors (Lipinski definition) is 3. The van der Waals surface area contributed by atoms with Gasteiger partial charge < -0.3 is 10.2 Å². The van der Waals surface area contributed by atoms with Crippen LogP contribution in [0.4, 0.5) is 10.5 Å². The van der Waals surface area contributed by atoms with Crippen LogP contribution in [-0.4, -0.2) is 52.2 Å². The SMILES string of the molecule is C[C@@H]1CN(Cc2ccccc2)CC[C@@H]1N(C)C(=O)Nc1cn[nH]c1. The summed E-state index contributed by atoms with van der Waals surface area (Å²) in [4.78, 5) is 16.7. The van der Waals surface area contributed by atoms with Crippen LogP contribution in [0.15, 0.2) is 42.7 Å². The average molecular weight is 327 g/mol. The Morgan fingerprint density at radius 3 is 2.88 bits per heavy atom. The summed E-state index contributed by atoms with van der Waals surface area (Å²) >= 11 is 0. The lowest BCUT2D eigenvalue weighted by Crippen LogP contribution is -2.51. The summed E-state index contributed by atoms with van der Waals surface area (Å²) < 4.78 is 0. The zero-order valence-corrected chi connectivity index (χ0v) is 14.3. The molecule has 1 aromatic carbocycles. The monoisotopic (exact) mass is 327 g/mol. The van der Waals surface area contributed by atoms with E-state index in [0.29, 0.717) is 11.6 Å². The largest absolute Gasteiger partial charge is 0.324 e. The lowest BCUT2D eigenvalue weighted by atomic mass is 9.92. The normalized spacial score (nSPS) is 21.4. The Hall–Kier alpha value is -2.34. The number of likely N-dealkylation sites (tertiary alicyclic amines) is 1. The Balaban J connectivity index is 1.54. The van der Waals surface area contributed by atoms with E-state index in [1.807, 2.05) is 18.0 Å². The second-order valence-electron chi connectivity index (χ2n) is 6.58. The molecule has 1 aliphatic heterocycles. The van der Waals surface area contributed by atoms with Crippen LogP contribution < -0.4 is 5.32 Å². The minimum Gasteiger partial charge on any atom is -0.324 e. The topological polar surface area (TPSA) is 64.3 Å². The summed E-state index contributed by atoms with van der Waals surface area (Å²) in [5.41, 5.74) is 2.04. The molecule has 6 nitrogen and oxygen atoms in total. The van der Waals surface area contributed by atoms with Gasteiger partial charge in [0, 0.05) is 38.9 Å². The van der Waals surface area contributed by atoms with Gasteiger partial charge in [-0.25, -0.2) is 4.79 Å². The number of piperidine rings is 1. The third kappa shape index (κ3) is 3.94. The van der Waals surface area contributed by atoms with Crippen molar-refractivity contribution in [3.05, 3.63) is 48.3 Å². The van der Waals surface area contributed by atoms with Crippen molar-refractivity contribution in [1.29, 1.82) is 0 Å². The maximum Gasteiger partial charge on any atom is 0.321 e. The van der Waals surface area contributed by atoms with Crippen molar-refractivity contribution in [2.75, 3.05) is 25.5 Å². The number of nitrogens with zero attached hydrogens (tertiary/aromatic N) is 3. The molecule has 1 aliphatic rings. The van der Waals surface area contributed by atoms with Gasteiger partial charge in [0.1, 0.15) is 0 Å². The molecular weight excluding hydrogens is 302 g/mol. The van der Waals surface area contributed by atoms with Gasteiger partial charge in [-0.3, -0.25) is 10.00 Å². The maximum absolute atomic E-state index is 12.4. The minimum absolute atomic E-state index is 0.0789. The number of H-pyrrole nitrogens is 1. The van der Waals surface area contributed by atoms with E-state index in [0.717, 1.165) is 26.1 Å². The number of urea groups is 1. The van der Waals surface area contributed by atoms with Gasteiger partial charge in [-0.15, -0.1) is 0 Å². The molecule has 2 heterocycles. The van der Waals surface area contributed by atoms with Crippen molar-refractivity contribution in [3.8, 4) is 0 Å². The highest BCUT2D eigenvalue weighted by Crippen LogP contribution is 2.23. The molecule has 24 heavy (non-hydrogen) atoms. The van der Waals surface area contributed by atoms with Crippen LogP contribution in [-0.2, 0) is 6.54 Å². The van der Waals surface area contributed by atoms with Gasteiger partial charge in [0.2, 0.25) is 0 Å².